The lowest BCUT2D eigenvalue weighted by Crippen LogP contribution is -2.18. The predicted molar refractivity (Wildman–Crippen MR) is 91.2 cm³/mol. The van der Waals surface area contributed by atoms with Gasteiger partial charge in [-0.3, -0.25) is 0 Å². The first-order valence-corrected chi connectivity index (χ1v) is 8.43. The summed E-state index contributed by atoms with van der Waals surface area (Å²) < 4.78 is 6.08. The molecule has 0 N–H and O–H groups in total. The molecule has 0 aliphatic carbocycles. The number of nitrogens with zero attached hydrogens (tertiary/aromatic N) is 1. The van der Waals surface area contributed by atoms with E-state index in [1.807, 2.05) is 0 Å². The second kappa shape index (κ2) is 7.82. The second-order valence-corrected chi connectivity index (χ2v) is 7.29. The Kier molecular flexibility index (Phi) is 6.70. The minimum absolute atomic E-state index is 0.0620. The Bertz CT molecular complexity index is 446. The van der Waals surface area contributed by atoms with Gasteiger partial charge < -0.3 is 4.74 Å². The Balaban J connectivity index is 3.03. The fourth-order valence-corrected chi connectivity index (χ4v) is 2.59. The number of hydrogen-bond donors (Lipinski definition) is 0. The fourth-order valence-electron chi connectivity index (χ4n) is 2.59. The monoisotopic (exact) mass is 291 g/mol. The van der Waals surface area contributed by atoms with E-state index in [-0.39, 0.29) is 5.41 Å². The number of hydrogen-bond acceptors (Lipinski definition) is 2. The van der Waals surface area contributed by atoms with E-state index < -0.39 is 0 Å². The van der Waals surface area contributed by atoms with E-state index in [0.717, 1.165) is 31.0 Å². The average Bonchev–Trinajstić information content (AvgIpc) is 2.38. The summed E-state index contributed by atoms with van der Waals surface area (Å²) in [6, 6.07) is 2.31. The largest absolute Gasteiger partial charge is 0.477 e. The first-order valence-electron chi connectivity index (χ1n) is 8.43. The molecule has 1 rings (SSSR count). The van der Waals surface area contributed by atoms with Crippen molar-refractivity contribution in [3.63, 3.8) is 0 Å². The summed E-state index contributed by atoms with van der Waals surface area (Å²) in [5.74, 6) is 1.42. The van der Waals surface area contributed by atoms with Gasteiger partial charge in [-0.05, 0) is 42.7 Å². The van der Waals surface area contributed by atoms with Crippen LogP contribution in [0.4, 0.5) is 0 Å². The highest BCUT2D eigenvalue weighted by atomic mass is 16.5. The van der Waals surface area contributed by atoms with Gasteiger partial charge in [0.1, 0.15) is 0 Å². The van der Waals surface area contributed by atoms with Gasteiger partial charge in [-0.1, -0.05) is 54.4 Å². The van der Waals surface area contributed by atoms with E-state index in [1.165, 1.54) is 24.0 Å². The minimum atomic E-state index is 0.0620. The Morgan fingerprint density at radius 3 is 2.38 bits per heavy atom. The molecular formula is C19H33NO. The smallest absolute Gasteiger partial charge is 0.217 e. The molecule has 2 nitrogen and oxygen atoms in total. The Labute approximate surface area is 131 Å². The number of aromatic nitrogens is 1. The van der Waals surface area contributed by atoms with E-state index in [9.17, 15) is 0 Å². The molecule has 0 amide bonds. The highest BCUT2D eigenvalue weighted by molar-refractivity contribution is 5.38. The third kappa shape index (κ3) is 5.33. The zero-order valence-electron chi connectivity index (χ0n) is 15.0. The normalized spacial score (nSPS) is 13.3. The summed E-state index contributed by atoms with van der Waals surface area (Å²) in [4.78, 5) is 4.77. The zero-order chi connectivity index (χ0) is 16.0. The number of rotatable bonds is 7. The van der Waals surface area contributed by atoms with Gasteiger partial charge >= 0.3 is 0 Å². The molecule has 0 aliphatic rings. The van der Waals surface area contributed by atoms with Crippen molar-refractivity contribution in [1.29, 1.82) is 0 Å². The van der Waals surface area contributed by atoms with Crippen molar-refractivity contribution in [2.75, 3.05) is 6.61 Å². The topological polar surface area (TPSA) is 22.1 Å². The van der Waals surface area contributed by atoms with Gasteiger partial charge in [0.15, 0.2) is 0 Å². The van der Waals surface area contributed by atoms with Crippen molar-refractivity contribution in [3.8, 4) is 5.88 Å². The van der Waals surface area contributed by atoms with Gasteiger partial charge in [0, 0.05) is 11.3 Å². The molecule has 1 atom stereocenters. The molecule has 1 aromatic heterocycles. The first-order chi connectivity index (χ1) is 9.79. The number of pyridine rings is 1. The molecule has 0 radical (unpaired) electrons. The van der Waals surface area contributed by atoms with Crippen molar-refractivity contribution in [3.05, 3.63) is 22.9 Å². The van der Waals surface area contributed by atoms with Crippen molar-refractivity contribution in [1.82, 2.24) is 4.98 Å². The van der Waals surface area contributed by atoms with Crippen LogP contribution >= 0.6 is 0 Å². The molecule has 0 saturated carbocycles. The highest BCUT2D eigenvalue weighted by Gasteiger charge is 2.22. The van der Waals surface area contributed by atoms with E-state index >= 15 is 0 Å². The van der Waals surface area contributed by atoms with Gasteiger partial charge in [-0.2, -0.15) is 0 Å². The second-order valence-electron chi connectivity index (χ2n) is 7.29. The van der Waals surface area contributed by atoms with Gasteiger partial charge in [-0.15, -0.1) is 0 Å². The van der Waals surface area contributed by atoms with Crippen LogP contribution in [0.2, 0.25) is 0 Å². The average molecular weight is 291 g/mol. The molecule has 0 saturated heterocycles. The summed E-state index contributed by atoms with van der Waals surface area (Å²) in [5.41, 5.74) is 3.77. The molecule has 0 aliphatic heterocycles. The van der Waals surface area contributed by atoms with Crippen LogP contribution in [0.25, 0.3) is 0 Å². The summed E-state index contributed by atoms with van der Waals surface area (Å²) in [6.07, 6.45) is 4.66. The van der Waals surface area contributed by atoms with Crippen LogP contribution in [-0.2, 0) is 11.8 Å². The van der Waals surface area contributed by atoms with Gasteiger partial charge in [0.2, 0.25) is 5.88 Å². The molecular weight excluding hydrogens is 258 g/mol. The number of aryl methyl sites for hydroxylation is 2. The molecule has 1 aromatic rings. The van der Waals surface area contributed by atoms with Crippen molar-refractivity contribution in [2.45, 2.75) is 79.6 Å². The van der Waals surface area contributed by atoms with Gasteiger partial charge in [-0.25, -0.2) is 4.98 Å². The standard InChI is InChI=1S/C19H33NO/c1-8-10-14(3)13-21-18-17(19(5,6)7)12-16(11-9-2)15(4)20-18/h12,14H,8-11,13H2,1-7H3. The summed E-state index contributed by atoms with van der Waals surface area (Å²) in [6.45, 7) is 16.2. The molecule has 120 valence electrons. The molecule has 0 fully saturated rings. The van der Waals surface area contributed by atoms with Crippen LogP contribution < -0.4 is 4.74 Å². The zero-order valence-corrected chi connectivity index (χ0v) is 15.0. The van der Waals surface area contributed by atoms with Crippen LogP contribution in [0.3, 0.4) is 0 Å². The van der Waals surface area contributed by atoms with E-state index in [2.05, 4.69) is 54.5 Å². The lowest BCUT2D eigenvalue weighted by molar-refractivity contribution is 0.237. The quantitative estimate of drug-likeness (QED) is 0.666. The first kappa shape index (κ1) is 18.0. The predicted octanol–water partition coefficient (Wildman–Crippen LogP) is 5.46. The van der Waals surface area contributed by atoms with Crippen LogP contribution in [0.15, 0.2) is 6.07 Å². The maximum atomic E-state index is 6.08. The van der Waals surface area contributed by atoms with E-state index in [1.54, 1.807) is 0 Å². The third-order valence-electron chi connectivity index (χ3n) is 3.90. The molecule has 1 unspecified atom stereocenters. The molecule has 1 heterocycles. The summed E-state index contributed by atoms with van der Waals surface area (Å²) >= 11 is 0. The van der Waals surface area contributed by atoms with Crippen LogP contribution in [0, 0.1) is 12.8 Å². The lowest BCUT2D eigenvalue weighted by Gasteiger charge is -2.24. The fraction of sp³-hybridized carbons (Fsp3) is 0.737. The molecule has 0 aromatic carbocycles. The van der Waals surface area contributed by atoms with Crippen molar-refractivity contribution in [2.24, 2.45) is 5.92 Å². The maximum Gasteiger partial charge on any atom is 0.217 e. The van der Waals surface area contributed by atoms with Crippen molar-refractivity contribution < 1.29 is 4.74 Å². The Morgan fingerprint density at radius 2 is 1.86 bits per heavy atom. The SMILES string of the molecule is CCCc1cc(C(C)(C)C)c(OCC(C)CCC)nc1C. The number of ether oxygens (including phenoxy) is 1. The maximum absolute atomic E-state index is 6.08. The highest BCUT2D eigenvalue weighted by Crippen LogP contribution is 2.32. The van der Waals surface area contributed by atoms with Gasteiger partial charge in [0.25, 0.3) is 0 Å². The van der Waals surface area contributed by atoms with Gasteiger partial charge in [0.05, 0.1) is 6.61 Å². The molecule has 2 heteroatoms. The van der Waals surface area contributed by atoms with Crippen LogP contribution in [0.1, 0.15) is 77.6 Å². The Hall–Kier alpha value is -1.05. The molecule has 0 bridgehead atoms. The Morgan fingerprint density at radius 1 is 1.19 bits per heavy atom. The van der Waals surface area contributed by atoms with Crippen molar-refractivity contribution >= 4 is 0 Å². The summed E-state index contributed by atoms with van der Waals surface area (Å²) in [7, 11) is 0. The minimum Gasteiger partial charge on any atom is -0.477 e. The van der Waals surface area contributed by atoms with Crippen LogP contribution in [-0.4, -0.2) is 11.6 Å². The third-order valence-corrected chi connectivity index (χ3v) is 3.90. The molecule has 0 spiro atoms. The van der Waals surface area contributed by atoms with Crippen LogP contribution in [0.5, 0.6) is 5.88 Å². The van der Waals surface area contributed by atoms with E-state index in [4.69, 9.17) is 9.72 Å². The lowest BCUT2D eigenvalue weighted by atomic mass is 9.86. The van der Waals surface area contributed by atoms with E-state index in [0.29, 0.717) is 5.92 Å². The molecule has 21 heavy (non-hydrogen) atoms. The summed E-state index contributed by atoms with van der Waals surface area (Å²) in [5, 5.41) is 0.